The third-order valence-corrected chi connectivity index (χ3v) is 5.34. The molecule has 0 radical (unpaired) electrons. The van der Waals surface area contributed by atoms with Gasteiger partial charge in [-0.1, -0.05) is 18.2 Å². The summed E-state index contributed by atoms with van der Waals surface area (Å²) in [7, 11) is 0. The van der Waals surface area contributed by atoms with Gasteiger partial charge in [0.15, 0.2) is 5.78 Å². The largest absolute Gasteiger partial charge is 0.456 e. The van der Waals surface area contributed by atoms with Gasteiger partial charge in [0.1, 0.15) is 24.1 Å². The summed E-state index contributed by atoms with van der Waals surface area (Å²) in [4.78, 5) is 36.8. The summed E-state index contributed by atoms with van der Waals surface area (Å²) < 4.78 is 11.2. The second kappa shape index (κ2) is 6.50. The van der Waals surface area contributed by atoms with Crippen LogP contribution in [0.25, 0.3) is 0 Å². The lowest BCUT2D eigenvalue weighted by Crippen LogP contribution is -2.35. The van der Waals surface area contributed by atoms with E-state index in [4.69, 9.17) is 9.47 Å². The van der Waals surface area contributed by atoms with E-state index in [-0.39, 0.29) is 48.7 Å². The Kier molecular flexibility index (Phi) is 4.68. The second-order valence-electron chi connectivity index (χ2n) is 7.68. The minimum Gasteiger partial charge on any atom is -0.456 e. The second-order valence-corrected chi connectivity index (χ2v) is 7.68. The lowest BCUT2D eigenvalue weighted by Gasteiger charge is -2.27. The molecule has 3 heterocycles. The number of aliphatic hydroxyl groups excluding tert-OH is 1. The van der Waals surface area contributed by atoms with Crippen molar-refractivity contribution in [2.45, 2.75) is 69.9 Å². The molecule has 6 heteroatoms. The molecule has 4 bridgehead atoms. The molecule has 0 aromatic rings. The molecular weight excluding hydrogens is 324 g/mol. The van der Waals surface area contributed by atoms with Crippen LogP contribution < -0.4 is 0 Å². The minimum atomic E-state index is -1.05. The number of ether oxygens (including phenoxy) is 2. The first-order chi connectivity index (χ1) is 11.7. The highest BCUT2D eigenvalue weighted by atomic mass is 16.6. The molecule has 0 spiro atoms. The van der Waals surface area contributed by atoms with Gasteiger partial charge in [0.2, 0.25) is 0 Å². The maximum absolute atomic E-state index is 12.4. The zero-order valence-corrected chi connectivity index (χ0v) is 14.6. The lowest BCUT2D eigenvalue weighted by molar-refractivity contribution is -0.144. The summed E-state index contributed by atoms with van der Waals surface area (Å²) >= 11 is 0. The maximum atomic E-state index is 12.4. The predicted molar refractivity (Wildman–Crippen MR) is 88.7 cm³/mol. The Morgan fingerprint density at radius 2 is 2.04 bits per heavy atom. The fourth-order valence-electron chi connectivity index (χ4n) is 3.88. The molecule has 2 saturated heterocycles. The standard InChI is InChI=1S/C19H24O6/c1-10(2)11-4-5-13-17(22)16(24-18(13)23)9-19(3)8-14(21)15(25-19)7-12(20)6-11/h5,11,15-17,22H,1,4,6-9H2,2-3H3/b13-5-/t11-,15+,16+,17+,19?/m0/s1. The molecule has 5 atom stereocenters. The molecule has 1 N–H and O–H groups in total. The third-order valence-electron chi connectivity index (χ3n) is 5.34. The van der Waals surface area contributed by atoms with E-state index in [0.29, 0.717) is 6.42 Å². The number of hydrogen-bond donors (Lipinski definition) is 1. The number of aliphatic hydroxyl groups is 1. The van der Waals surface area contributed by atoms with Crippen molar-refractivity contribution in [2.75, 3.05) is 0 Å². The Labute approximate surface area is 146 Å². The summed E-state index contributed by atoms with van der Waals surface area (Å²) in [6, 6.07) is 0. The molecule has 0 saturated carbocycles. The molecule has 0 aromatic heterocycles. The van der Waals surface area contributed by atoms with Crippen molar-refractivity contribution in [1.82, 2.24) is 0 Å². The summed E-state index contributed by atoms with van der Waals surface area (Å²) in [6.45, 7) is 7.50. The molecule has 0 amide bonds. The predicted octanol–water partition coefficient (Wildman–Crippen LogP) is 1.65. The maximum Gasteiger partial charge on any atom is 0.336 e. The van der Waals surface area contributed by atoms with Crippen LogP contribution in [0.15, 0.2) is 23.8 Å². The van der Waals surface area contributed by atoms with Gasteiger partial charge < -0.3 is 14.6 Å². The van der Waals surface area contributed by atoms with Crippen molar-refractivity contribution >= 4 is 17.5 Å². The molecule has 1 unspecified atom stereocenters. The van der Waals surface area contributed by atoms with E-state index in [2.05, 4.69) is 6.58 Å². The van der Waals surface area contributed by atoms with Gasteiger partial charge in [0.25, 0.3) is 0 Å². The van der Waals surface area contributed by atoms with Gasteiger partial charge in [-0.05, 0) is 26.2 Å². The Hall–Kier alpha value is -1.79. The van der Waals surface area contributed by atoms with Gasteiger partial charge in [-0.25, -0.2) is 4.79 Å². The van der Waals surface area contributed by atoms with Crippen LogP contribution in [0, 0.1) is 5.92 Å². The van der Waals surface area contributed by atoms with Crippen molar-refractivity contribution < 1.29 is 29.0 Å². The number of carbonyl (C=O) groups excluding carboxylic acids is 3. The zero-order chi connectivity index (χ0) is 18.4. The number of hydrogen-bond acceptors (Lipinski definition) is 6. The Bertz CT molecular complexity index is 663. The highest BCUT2D eigenvalue weighted by molar-refractivity contribution is 5.93. The number of carbonyl (C=O) groups is 3. The molecule has 2 fully saturated rings. The van der Waals surface area contributed by atoms with Crippen molar-refractivity contribution in [2.24, 2.45) is 5.92 Å². The fourth-order valence-corrected chi connectivity index (χ4v) is 3.88. The van der Waals surface area contributed by atoms with E-state index in [1.54, 1.807) is 13.0 Å². The molecular formula is C19H24O6. The number of ketones is 2. The van der Waals surface area contributed by atoms with Crippen LogP contribution in [-0.4, -0.2) is 46.6 Å². The number of allylic oxidation sites excluding steroid dienone is 2. The fraction of sp³-hybridized carbons (Fsp3) is 0.632. The number of fused-ring (bicyclic) bond motifs is 4. The summed E-state index contributed by atoms with van der Waals surface area (Å²) in [6.07, 6.45) is 0.187. The van der Waals surface area contributed by atoms with Gasteiger partial charge in [-0.15, -0.1) is 0 Å². The summed E-state index contributed by atoms with van der Waals surface area (Å²) in [5.41, 5.74) is 0.194. The van der Waals surface area contributed by atoms with E-state index in [1.807, 2.05) is 6.92 Å². The van der Waals surface area contributed by atoms with Crippen LogP contribution in [-0.2, 0) is 23.9 Å². The van der Waals surface area contributed by atoms with E-state index >= 15 is 0 Å². The van der Waals surface area contributed by atoms with Crippen LogP contribution in [0.1, 0.15) is 46.0 Å². The quantitative estimate of drug-likeness (QED) is 0.572. The molecule has 3 aliphatic heterocycles. The molecule has 0 aromatic carbocycles. The molecule has 6 nitrogen and oxygen atoms in total. The van der Waals surface area contributed by atoms with E-state index in [9.17, 15) is 19.5 Å². The molecule has 136 valence electrons. The van der Waals surface area contributed by atoms with Gasteiger partial charge in [-0.3, -0.25) is 9.59 Å². The molecule has 3 aliphatic rings. The molecule has 3 rings (SSSR count). The third kappa shape index (κ3) is 3.60. The first-order valence-corrected chi connectivity index (χ1v) is 8.65. The van der Waals surface area contributed by atoms with Gasteiger partial charge in [-0.2, -0.15) is 0 Å². The average molecular weight is 348 g/mol. The van der Waals surface area contributed by atoms with Crippen molar-refractivity contribution in [3.8, 4) is 0 Å². The Balaban J connectivity index is 1.94. The summed E-state index contributed by atoms with van der Waals surface area (Å²) in [5, 5.41) is 10.5. The van der Waals surface area contributed by atoms with Crippen LogP contribution >= 0.6 is 0 Å². The highest BCUT2D eigenvalue weighted by Crippen LogP contribution is 2.38. The van der Waals surface area contributed by atoms with Crippen LogP contribution in [0.2, 0.25) is 0 Å². The van der Waals surface area contributed by atoms with Crippen molar-refractivity contribution in [3.63, 3.8) is 0 Å². The zero-order valence-electron chi connectivity index (χ0n) is 14.6. The molecule has 25 heavy (non-hydrogen) atoms. The lowest BCUT2D eigenvalue weighted by atomic mass is 9.87. The average Bonchev–Trinajstić information content (AvgIpc) is 2.91. The monoisotopic (exact) mass is 348 g/mol. The molecule has 0 aliphatic carbocycles. The normalized spacial score (nSPS) is 41.2. The SMILES string of the molecule is C=C(C)[C@H]1C/C=C2\C(=O)O[C@H](CC3(C)CC(=O)[C@@H](CC(=O)C1)O3)[C@@H]2O. The van der Waals surface area contributed by atoms with Crippen LogP contribution in [0.4, 0.5) is 0 Å². The van der Waals surface area contributed by atoms with Gasteiger partial charge >= 0.3 is 5.97 Å². The Morgan fingerprint density at radius 3 is 2.72 bits per heavy atom. The number of Topliss-reactive ketones (excluding diaryl/α,β-unsaturated/α-hetero) is 2. The first-order valence-electron chi connectivity index (χ1n) is 8.65. The highest BCUT2D eigenvalue weighted by Gasteiger charge is 2.49. The number of esters is 1. The Morgan fingerprint density at radius 1 is 1.32 bits per heavy atom. The van der Waals surface area contributed by atoms with E-state index in [0.717, 1.165) is 5.57 Å². The minimum absolute atomic E-state index is 0.0541. The smallest absolute Gasteiger partial charge is 0.336 e. The summed E-state index contributed by atoms with van der Waals surface area (Å²) in [5.74, 6) is -0.871. The van der Waals surface area contributed by atoms with E-state index in [1.165, 1.54) is 0 Å². The van der Waals surface area contributed by atoms with Crippen LogP contribution in [0.3, 0.4) is 0 Å². The first kappa shape index (κ1) is 18.0. The van der Waals surface area contributed by atoms with E-state index < -0.39 is 29.9 Å². The van der Waals surface area contributed by atoms with Gasteiger partial charge in [0.05, 0.1) is 11.2 Å². The topological polar surface area (TPSA) is 89.9 Å². The van der Waals surface area contributed by atoms with Crippen LogP contribution in [0.5, 0.6) is 0 Å². The van der Waals surface area contributed by atoms with Gasteiger partial charge in [0, 0.05) is 25.7 Å². The number of rotatable bonds is 1. The van der Waals surface area contributed by atoms with Crippen molar-refractivity contribution in [3.05, 3.63) is 23.8 Å². The van der Waals surface area contributed by atoms with Crippen molar-refractivity contribution in [1.29, 1.82) is 0 Å².